The smallest absolute Gasteiger partial charge is 0.298 e. The quantitative estimate of drug-likeness (QED) is 0.668. The fourth-order valence-corrected chi connectivity index (χ4v) is 1.91. The lowest BCUT2D eigenvalue weighted by atomic mass is 10.1. The van der Waals surface area contributed by atoms with Crippen molar-refractivity contribution in [3.8, 4) is 0 Å². The molecule has 1 unspecified atom stereocenters. The van der Waals surface area contributed by atoms with E-state index in [1.807, 2.05) is 0 Å². The van der Waals surface area contributed by atoms with Crippen molar-refractivity contribution in [2.24, 2.45) is 0 Å². The van der Waals surface area contributed by atoms with Crippen LogP contribution >= 0.6 is 0 Å². The molecule has 98 valence electrons. The molecule has 1 atom stereocenters. The van der Waals surface area contributed by atoms with Gasteiger partial charge in [0, 0.05) is 18.7 Å². The van der Waals surface area contributed by atoms with Crippen molar-refractivity contribution in [1.29, 1.82) is 0 Å². The molecule has 18 heavy (non-hydrogen) atoms. The summed E-state index contributed by atoms with van der Waals surface area (Å²) in [7, 11) is 0. The van der Waals surface area contributed by atoms with E-state index in [1.54, 1.807) is 0 Å². The highest BCUT2D eigenvalue weighted by Crippen LogP contribution is 2.30. The summed E-state index contributed by atoms with van der Waals surface area (Å²) in [6, 6.07) is 1.13. The predicted octanol–water partition coefficient (Wildman–Crippen LogP) is 2.46. The molecule has 0 bridgehead atoms. The van der Waals surface area contributed by atoms with Gasteiger partial charge in [0.1, 0.15) is 11.5 Å². The number of hydrogen-bond acceptors (Lipinski definition) is 4. The Labute approximate surface area is 102 Å². The highest BCUT2D eigenvalue weighted by molar-refractivity contribution is 5.63. The first kappa shape index (κ1) is 12.7. The molecule has 0 saturated carbocycles. The van der Waals surface area contributed by atoms with Gasteiger partial charge in [0.2, 0.25) is 0 Å². The molecule has 0 spiro atoms. The van der Waals surface area contributed by atoms with Crippen LogP contribution < -0.4 is 5.32 Å². The highest BCUT2D eigenvalue weighted by atomic mass is 19.1. The third-order valence-corrected chi connectivity index (χ3v) is 2.74. The van der Waals surface area contributed by atoms with Crippen LogP contribution in [0.25, 0.3) is 0 Å². The van der Waals surface area contributed by atoms with Gasteiger partial charge in [-0.15, -0.1) is 0 Å². The zero-order valence-corrected chi connectivity index (χ0v) is 9.49. The molecule has 1 fully saturated rings. The standard InChI is InChI=1S/C11H12F2N2O3/c12-7-4-9(13)11(10(5-7)15(16)17)14-8-2-1-3-18-6-8/h4-5,8,14H,1-3,6H2. The lowest BCUT2D eigenvalue weighted by Crippen LogP contribution is -2.30. The number of nitro groups is 1. The number of nitrogens with zero attached hydrogens (tertiary/aromatic N) is 1. The van der Waals surface area contributed by atoms with Crippen LogP contribution in [-0.4, -0.2) is 24.2 Å². The molecular formula is C11H12F2N2O3. The summed E-state index contributed by atoms with van der Waals surface area (Å²) in [5.74, 6) is -1.93. The summed E-state index contributed by atoms with van der Waals surface area (Å²) in [4.78, 5) is 9.96. The lowest BCUT2D eigenvalue weighted by Gasteiger charge is -2.24. The van der Waals surface area contributed by atoms with E-state index in [4.69, 9.17) is 4.74 Å². The second-order valence-electron chi connectivity index (χ2n) is 4.10. The molecule has 1 aliphatic heterocycles. The van der Waals surface area contributed by atoms with Crippen molar-refractivity contribution in [3.05, 3.63) is 33.9 Å². The molecule has 1 N–H and O–H groups in total. The van der Waals surface area contributed by atoms with Crippen LogP contribution in [0.2, 0.25) is 0 Å². The van der Waals surface area contributed by atoms with Gasteiger partial charge in [0.15, 0.2) is 5.82 Å². The Morgan fingerprint density at radius 1 is 1.44 bits per heavy atom. The summed E-state index contributed by atoms with van der Waals surface area (Å²) in [6.45, 7) is 0.986. The maximum Gasteiger partial charge on any atom is 0.298 e. The zero-order valence-electron chi connectivity index (χ0n) is 9.49. The van der Waals surface area contributed by atoms with Gasteiger partial charge in [0.05, 0.1) is 17.6 Å². The Morgan fingerprint density at radius 2 is 2.22 bits per heavy atom. The van der Waals surface area contributed by atoms with Gasteiger partial charge in [-0.05, 0) is 12.8 Å². The number of ether oxygens (including phenoxy) is 1. The van der Waals surface area contributed by atoms with Crippen molar-refractivity contribution >= 4 is 11.4 Å². The Balaban J connectivity index is 2.27. The minimum Gasteiger partial charge on any atom is -0.379 e. The number of hydrogen-bond donors (Lipinski definition) is 1. The van der Waals surface area contributed by atoms with E-state index in [0.717, 1.165) is 12.8 Å². The van der Waals surface area contributed by atoms with E-state index in [0.29, 0.717) is 25.3 Å². The van der Waals surface area contributed by atoms with Gasteiger partial charge in [-0.1, -0.05) is 0 Å². The minimum absolute atomic E-state index is 0.197. The monoisotopic (exact) mass is 258 g/mol. The Morgan fingerprint density at radius 3 is 2.83 bits per heavy atom. The third-order valence-electron chi connectivity index (χ3n) is 2.74. The Kier molecular flexibility index (Phi) is 3.71. The fraction of sp³-hybridized carbons (Fsp3) is 0.455. The average Bonchev–Trinajstić information content (AvgIpc) is 2.33. The second kappa shape index (κ2) is 5.26. The molecule has 1 aliphatic rings. The van der Waals surface area contributed by atoms with Gasteiger partial charge in [-0.2, -0.15) is 0 Å². The van der Waals surface area contributed by atoms with E-state index in [9.17, 15) is 18.9 Å². The molecule has 1 saturated heterocycles. The number of rotatable bonds is 3. The molecule has 0 aromatic heterocycles. The summed E-state index contributed by atoms with van der Waals surface area (Å²) in [6.07, 6.45) is 1.53. The van der Waals surface area contributed by atoms with Crippen molar-refractivity contribution in [1.82, 2.24) is 0 Å². The van der Waals surface area contributed by atoms with Gasteiger partial charge in [0.25, 0.3) is 5.69 Å². The Bertz CT molecular complexity index is 462. The van der Waals surface area contributed by atoms with E-state index >= 15 is 0 Å². The topological polar surface area (TPSA) is 64.4 Å². The molecule has 2 rings (SSSR count). The fourth-order valence-electron chi connectivity index (χ4n) is 1.91. The predicted molar refractivity (Wildman–Crippen MR) is 60.5 cm³/mol. The lowest BCUT2D eigenvalue weighted by molar-refractivity contribution is -0.384. The van der Waals surface area contributed by atoms with Crippen LogP contribution in [0.3, 0.4) is 0 Å². The normalized spacial score (nSPS) is 19.6. The number of nitro benzene ring substituents is 1. The maximum absolute atomic E-state index is 13.6. The van der Waals surface area contributed by atoms with E-state index < -0.39 is 22.2 Å². The van der Waals surface area contributed by atoms with Crippen molar-refractivity contribution < 1.29 is 18.4 Å². The molecule has 7 heteroatoms. The first-order valence-corrected chi connectivity index (χ1v) is 5.55. The largest absolute Gasteiger partial charge is 0.379 e. The van der Waals surface area contributed by atoms with Crippen LogP contribution in [0.4, 0.5) is 20.2 Å². The number of benzene rings is 1. The second-order valence-corrected chi connectivity index (χ2v) is 4.10. The van der Waals surface area contributed by atoms with Crippen molar-refractivity contribution in [2.45, 2.75) is 18.9 Å². The molecule has 1 aromatic rings. The molecule has 0 amide bonds. The van der Waals surface area contributed by atoms with Crippen LogP contribution in [0.1, 0.15) is 12.8 Å². The maximum atomic E-state index is 13.6. The number of halogens is 2. The van der Waals surface area contributed by atoms with Crippen LogP contribution in [0, 0.1) is 21.7 Å². The average molecular weight is 258 g/mol. The first-order valence-electron chi connectivity index (χ1n) is 5.55. The summed E-state index contributed by atoms with van der Waals surface area (Å²) >= 11 is 0. The summed E-state index contributed by atoms with van der Waals surface area (Å²) in [5, 5.41) is 13.5. The molecule has 0 radical (unpaired) electrons. The minimum atomic E-state index is -0.968. The van der Waals surface area contributed by atoms with Crippen molar-refractivity contribution in [2.75, 3.05) is 18.5 Å². The third kappa shape index (κ3) is 2.73. The van der Waals surface area contributed by atoms with E-state index in [1.165, 1.54) is 0 Å². The molecule has 5 nitrogen and oxygen atoms in total. The zero-order chi connectivity index (χ0) is 13.1. The molecule has 1 heterocycles. The summed E-state index contributed by atoms with van der Waals surface area (Å²) < 4.78 is 31.7. The number of nitrogens with one attached hydrogen (secondary N) is 1. The van der Waals surface area contributed by atoms with Gasteiger partial charge in [-0.3, -0.25) is 10.1 Å². The highest BCUT2D eigenvalue weighted by Gasteiger charge is 2.24. The Hall–Kier alpha value is -1.76. The van der Waals surface area contributed by atoms with Crippen LogP contribution in [0.5, 0.6) is 0 Å². The molecule has 1 aromatic carbocycles. The van der Waals surface area contributed by atoms with Gasteiger partial charge >= 0.3 is 0 Å². The summed E-state index contributed by atoms with van der Waals surface area (Å²) in [5.41, 5.74) is -0.880. The molecule has 0 aliphatic carbocycles. The van der Waals surface area contributed by atoms with Gasteiger partial charge in [-0.25, -0.2) is 8.78 Å². The van der Waals surface area contributed by atoms with E-state index in [2.05, 4.69) is 5.32 Å². The van der Waals surface area contributed by atoms with Crippen molar-refractivity contribution in [3.63, 3.8) is 0 Å². The van der Waals surface area contributed by atoms with Crippen LogP contribution in [-0.2, 0) is 4.74 Å². The molecular weight excluding hydrogens is 246 g/mol. The van der Waals surface area contributed by atoms with Crippen LogP contribution in [0.15, 0.2) is 12.1 Å². The van der Waals surface area contributed by atoms with E-state index in [-0.39, 0.29) is 11.7 Å². The SMILES string of the molecule is O=[N+]([O-])c1cc(F)cc(F)c1NC1CCCOC1. The van der Waals surface area contributed by atoms with Gasteiger partial charge < -0.3 is 10.1 Å². The number of anilines is 1. The first-order chi connectivity index (χ1) is 8.58.